The van der Waals surface area contributed by atoms with Crippen LogP contribution in [-0.2, 0) is 9.53 Å². The fourth-order valence-electron chi connectivity index (χ4n) is 2.78. The highest BCUT2D eigenvalue weighted by atomic mass is 127. The summed E-state index contributed by atoms with van der Waals surface area (Å²) in [6.45, 7) is 2.43. The lowest BCUT2D eigenvalue weighted by Gasteiger charge is -2.12. The fourth-order valence-corrected chi connectivity index (χ4v) is 6.10. The summed E-state index contributed by atoms with van der Waals surface area (Å²) in [6, 6.07) is 10.7. The Balaban J connectivity index is 1.90. The van der Waals surface area contributed by atoms with Crippen molar-refractivity contribution < 1.29 is 19.1 Å². The molecule has 1 amide bonds. The second-order valence-corrected chi connectivity index (χ2v) is 9.44. The van der Waals surface area contributed by atoms with Gasteiger partial charge in [-0.3, -0.25) is 9.69 Å². The van der Waals surface area contributed by atoms with Crippen LogP contribution >= 0.6 is 56.9 Å². The van der Waals surface area contributed by atoms with Crippen molar-refractivity contribution >= 4 is 85.8 Å². The van der Waals surface area contributed by atoms with Gasteiger partial charge in [0.15, 0.2) is 5.17 Å². The van der Waals surface area contributed by atoms with E-state index in [-0.39, 0.29) is 5.91 Å². The number of halogens is 2. The summed E-state index contributed by atoms with van der Waals surface area (Å²) in [5.74, 6) is 0.355. The van der Waals surface area contributed by atoms with Crippen molar-refractivity contribution in [1.82, 2.24) is 4.90 Å². The highest BCUT2D eigenvalue weighted by Crippen LogP contribution is 2.35. The van der Waals surface area contributed by atoms with Crippen LogP contribution < -0.4 is 4.74 Å². The maximum absolute atomic E-state index is 12.9. The quantitative estimate of drug-likeness (QED) is 0.250. The lowest BCUT2D eigenvalue weighted by Crippen LogP contribution is -2.28. The van der Waals surface area contributed by atoms with Crippen LogP contribution in [0.25, 0.3) is 6.08 Å². The second-order valence-electron chi connectivity index (χ2n) is 6.11. The molecule has 0 aromatic heterocycles. The van der Waals surface area contributed by atoms with E-state index in [0.29, 0.717) is 27.9 Å². The molecule has 3 rings (SSSR count). The zero-order chi connectivity index (χ0) is 21.8. The van der Waals surface area contributed by atoms with Crippen molar-refractivity contribution in [2.45, 2.75) is 6.92 Å². The molecule has 0 radical (unpaired) electrons. The number of benzene rings is 2. The van der Waals surface area contributed by atoms with E-state index < -0.39 is 5.97 Å². The largest absolute Gasteiger partial charge is 0.495 e. The Morgan fingerprint density at radius 3 is 2.33 bits per heavy atom. The molecule has 1 aliphatic heterocycles. The molecule has 1 heterocycles. The fraction of sp³-hybridized carbons (Fsp3) is 0.190. The van der Waals surface area contributed by atoms with Gasteiger partial charge in [0.1, 0.15) is 5.75 Å². The molecule has 0 N–H and O–H groups in total. The zero-order valence-corrected chi connectivity index (χ0v) is 21.6. The van der Waals surface area contributed by atoms with Crippen molar-refractivity contribution in [3.63, 3.8) is 0 Å². The van der Waals surface area contributed by atoms with Gasteiger partial charge >= 0.3 is 5.97 Å². The Kier molecular flexibility index (Phi) is 7.80. The SMILES string of the molecule is CCN1C(=O)/C(=C\c2cc(I)c(OC)c(I)c2)SC1=Nc1ccc(C(=O)OC)cc1. The second kappa shape index (κ2) is 10.1. The van der Waals surface area contributed by atoms with Crippen LogP contribution in [0.15, 0.2) is 46.3 Å². The summed E-state index contributed by atoms with van der Waals surface area (Å²) in [6.07, 6.45) is 1.88. The molecule has 6 nitrogen and oxygen atoms in total. The van der Waals surface area contributed by atoms with Crippen LogP contribution in [-0.4, -0.2) is 42.7 Å². The number of amides is 1. The van der Waals surface area contributed by atoms with E-state index in [1.54, 1.807) is 36.3 Å². The standard InChI is InChI=1S/C21H18I2N2O4S/c1-4-25-19(26)17(11-12-9-15(22)18(28-2)16(23)10-12)30-21(25)24-14-7-5-13(6-8-14)20(27)29-3/h5-11H,4H2,1-3H3/b17-11+,24-21?. The highest BCUT2D eigenvalue weighted by Gasteiger charge is 2.32. The van der Waals surface area contributed by atoms with Crippen molar-refractivity contribution in [2.24, 2.45) is 4.99 Å². The van der Waals surface area contributed by atoms with Gasteiger partial charge in [0.25, 0.3) is 5.91 Å². The van der Waals surface area contributed by atoms with Gasteiger partial charge in [-0.1, -0.05) is 0 Å². The summed E-state index contributed by atoms with van der Waals surface area (Å²) in [7, 11) is 2.99. The molecule has 0 aliphatic carbocycles. The van der Waals surface area contributed by atoms with E-state index in [4.69, 9.17) is 9.47 Å². The smallest absolute Gasteiger partial charge is 0.337 e. The van der Waals surface area contributed by atoms with Crippen LogP contribution in [0.2, 0.25) is 0 Å². The number of rotatable bonds is 5. The number of methoxy groups -OCH3 is 2. The van der Waals surface area contributed by atoms with Gasteiger partial charge in [0.05, 0.1) is 37.5 Å². The first-order valence-corrected chi connectivity index (χ1v) is 11.9. The van der Waals surface area contributed by atoms with Crippen LogP contribution in [0.4, 0.5) is 5.69 Å². The normalized spacial score (nSPS) is 16.4. The molecule has 2 aromatic rings. The van der Waals surface area contributed by atoms with E-state index >= 15 is 0 Å². The molecule has 1 saturated heterocycles. The number of thioether (sulfide) groups is 1. The highest BCUT2D eigenvalue weighted by molar-refractivity contribution is 14.1. The van der Waals surface area contributed by atoms with Gasteiger partial charge in [0.2, 0.25) is 0 Å². The third kappa shape index (κ3) is 4.99. The predicted molar refractivity (Wildman–Crippen MR) is 136 cm³/mol. The molecule has 9 heteroatoms. The third-order valence-electron chi connectivity index (χ3n) is 4.24. The molecule has 0 bridgehead atoms. The topological polar surface area (TPSA) is 68.2 Å². The van der Waals surface area contributed by atoms with E-state index in [2.05, 4.69) is 50.2 Å². The Bertz CT molecular complexity index is 1030. The number of esters is 1. The first-order chi connectivity index (χ1) is 14.4. The van der Waals surface area contributed by atoms with E-state index in [9.17, 15) is 9.59 Å². The van der Waals surface area contributed by atoms with Gasteiger partial charge in [-0.25, -0.2) is 9.79 Å². The van der Waals surface area contributed by atoms with Crippen LogP contribution in [0.5, 0.6) is 5.75 Å². The predicted octanol–water partition coefficient (Wildman–Crippen LogP) is 5.31. The minimum absolute atomic E-state index is 0.0757. The summed E-state index contributed by atoms with van der Waals surface area (Å²) in [5.41, 5.74) is 2.04. The van der Waals surface area contributed by atoms with E-state index in [1.807, 2.05) is 25.1 Å². The number of likely N-dealkylation sites (N-methyl/N-ethyl adjacent to an activating group) is 1. The lowest BCUT2D eigenvalue weighted by molar-refractivity contribution is -0.122. The number of hydrogen-bond acceptors (Lipinski definition) is 6. The van der Waals surface area contributed by atoms with Gasteiger partial charge in [-0.05, 0) is 112 Å². The molecule has 0 spiro atoms. The monoisotopic (exact) mass is 648 g/mol. The van der Waals surface area contributed by atoms with Gasteiger partial charge in [0, 0.05) is 6.54 Å². The van der Waals surface area contributed by atoms with Crippen LogP contribution in [0, 0.1) is 7.14 Å². The number of carbonyl (C=O) groups is 2. The average molecular weight is 648 g/mol. The first kappa shape index (κ1) is 23.1. The molecule has 2 aromatic carbocycles. The number of hydrogen-bond donors (Lipinski definition) is 0. The summed E-state index contributed by atoms with van der Waals surface area (Å²) >= 11 is 5.79. The number of carbonyl (C=O) groups excluding carboxylic acids is 2. The molecule has 0 atom stereocenters. The van der Waals surface area contributed by atoms with Gasteiger partial charge < -0.3 is 9.47 Å². The number of aliphatic imine (C=N–C) groups is 1. The Labute approximate surface area is 206 Å². The van der Waals surface area contributed by atoms with Gasteiger partial charge in [-0.2, -0.15) is 0 Å². The van der Waals surface area contributed by atoms with Crippen LogP contribution in [0.3, 0.4) is 0 Å². The lowest BCUT2D eigenvalue weighted by atomic mass is 10.2. The molecular weight excluding hydrogens is 630 g/mol. The minimum atomic E-state index is -0.399. The Morgan fingerprint density at radius 1 is 1.17 bits per heavy atom. The van der Waals surface area contributed by atoms with Crippen molar-refractivity contribution in [3.05, 3.63) is 59.6 Å². The molecule has 30 heavy (non-hydrogen) atoms. The summed E-state index contributed by atoms with van der Waals surface area (Å²) in [4.78, 5) is 31.3. The molecular formula is C21H18I2N2O4S. The number of amidine groups is 1. The molecule has 156 valence electrons. The van der Waals surface area contributed by atoms with Gasteiger partial charge in [-0.15, -0.1) is 0 Å². The van der Waals surface area contributed by atoms with E-state index in [0.717, 1.165) is 18.5 Å². The van der Waals surface area contributed by atoms with E-state index in [1.165, 1.54) is 18.9 Å². The van der Waals surface area contributed by atoms with Crippen LogP contribution in [0.1, 0.15) is 22.8 Å². The van der Waals surface area contributed by atoms with Crippen molar-refractivity contribution in [3.8, 4) is 5.75 Å². The van der Waals surface area contributed by atoms with Crippen molar-refractivity contribution in [1.29, 1.82) is 0 Å². The molecule has 1 aliphatic rings. The Morgan fingerprint density at radius 2 is 1.80 bits per heavy atom. The molecule has 0 saturated carbocycles. The minimum Gasteiger partial charge on any atom is -0.495 e. The van der Waals surface area contributed by atoms with Crippen molar-refractivity contribution in [2.75, 3.05) is 20.8 Å². The third-order valence-corrected chi connectivity index (χ3v) is 6.85. The molecule has 0 unspecified atom stereocenters. The molecule has 1 fully saturated rings. The Hall–Kier alpha value is -1.60. The summed E-state index contributed by atoms with van der Waals surface area (Å²) < 4.78 is 12.1. The number of ether oxygens (including phenoxy) is 2. The number of nitrogens with zero attached hydrogens (tertiary/aromatic N) is 2. The average Bonchev–Trinajstić information content (AvgIpc) is 3.01. The maximum Gasteiger partial charge on any atom is 0.337 e. The first-order valence-electron chi connectivity index (χ1n) is 8.89. The summed E-state index contributed by atoms with van der Waals surface area (Å²) in [5, 5.41) is 0.609. The maximum atomic E-state index is 12.9. The zero-order valence-electron chi connectivity index (χ0n) is 16.4.